The third kappa shape index (κ3) is 2.56. The van der Waals surface area contributed by atoms with E-state index in [0.29, 0.717) is 17.9 Å². The first-order valence-corrected chi connectivity index (χ1v) is 6.65. The van der Waals surface area contributed by atoms with Gasteiger partial charge in [0.1, 0.15) is 5.75 Å². The third-order valence-electron chi connectivity index (χ3n) is 3.58. The monoisotopic (exact) mass is 247 g/mol. The van der Waals surface area contributed by atoms with Crippen LogP contribution >= 0.6 is 0 Å². The second-order valence-electron chi connectivity index (χ2n) is 5.10. The van der Waals surface area contributed by atoms with Gasteiger partial charge in [-0.1, -0.05) is 19.1 Å². The van der Waals surface area contributed by atoms with E-state index in [-0.39, 0.29) is 11.2 Å². The zero-order valence-corrected chi connectivity index (χ0v) is 11.2. The summed E-state index contributed by atoms with van der Waals surface area (Å²) in [6, 6.07) is 7.54. The van der Waals surface area contributed by atoms with Crippen LogP contribution in [0.3, 0.4) is 0 Å². The predicted octanol–water partition coefficient (Wildman–Crippen LogP) is 2.66. The molecule has 3 nitrogen and oxygen atoms in total. The Hall–Kier alpha value is -1.35. The van der Waals surface area contributed by atoms with E-state index in [9.17, 15) is 4.79 Å². The van der Waals surface area contributed by atoms with Crippen molar-refractivity contribution in [2.45, 2.75) is 26.7 Å². The van der Waals surface area contributed by atoms with Crippen LogP contribution in [0, 0.1) is 5.41 Å². The molecule has 1 fully saturated rings. The molecular weight excluding hydrogens is 226 g/mol. The van der Waals surface area contributed by atoms with Gasteiger partial charge in [0.15, 0.2) is 5.78 Å². The van der Waals surface area contributed by atoms with Gasteiger partial charge in [-0.2, -0.15) is 0 Å². The quantitative estimate of drug-likeness (QED) is 0.831. The Balaban J connectivity index is 2.27. The zero-order valence-electron chi connectivity index (χ0n) is 11.2. The molecule has 1 saturated heterocycles. The van der Waals surface area contributed by atoms with Gasteiger partial charge >= 0.3 is 0 Å². The lowest BCUT2D eigenvalue weighted by Crippen LogP contribution is -2.43. The molecule has 0 amide bonds. The van der Waals surface area contributed by atoms with Crippen molar-refractivity contribution in [3.8, 4) is 5.75 Å². The Kier molecular flexibility index (Phi) is 4.02. The molecule has 1 aromatic carbocycles. The van der Waals surface area contributed by atoms with Gasteiger partial charge in [0.25, 0.3) is 0 Å². The fraction of sp³-hybridized carbons (Fsp3) is 0.533. The summed E-state index contributed by atoms with van der Waals surface area (Å²) in [5, 5.41) is 3.32. The molecule has 2 rings (SSSR count). The van der Waals surface area contributed by atoms with Crippen molar-refractivity contribution in [2.24, 2.45) is 5.41 Å². The average Bonchev–Trinajstić information content (AvgIpc) is 2.40. The van der Waals surface area contributed by atoms with Crippen LogP contribution < -0.4 is 10.1 Å². The maximum atomic E-state index is 12.7. The SMILES string of the molecule is CCOc1ccccc1C(=O)C1(C)CCCNC1. The van der Waals surface area contributed by atoms with Gasteiger partial charge in [0, 0.05) is 12.0 Å². The molecule has 0 radical (unpaired) electrons. The minimum absolute atomic E-state index is 0.193. The minimum Gasteiger partial charge on any atom is -0.493 e. The van der Waals surface area contributed by atoms with Gasteiger partial charge in [0.05, 0.1) is 12.2 Å². The number of hydrogen-bond donors (Lipinski definition) is 1. The number of hydrogen-bond acceptors (Lipinski definition) is 3. The van der Waals surface area contributed by atoms with Crippen molar-refractivity contribution in [3.63, 3.8) is 0 Å². The fourth-order valence-corrected chi connectivity index (χ4v) is 2.51. The van der Waals surface area contributed by atoms with Gasteiger partial charge in [-0.3, -0.25) is 4.79 Å². The van der Waals surface area contributed by atoms with Gasteiger partial charge in [-0.05, 0) is 38.4 Å². The van der Waals surface area contributed by atoms with E-state index in [0.717, 1.165) is 25.9 Å². The van der Waals surface area contributed by atoms with Crippen LogP contribution in [0.2, 0.25) is 0 Å². The highest BCUT2D eigenvalue weighted by molar-refractivity contribution is 6.02. The third-order valence-corrected chi connectivity index (χ3v) is 3.58. The highest BCUT2D eigenvalue weighted by Crippen LogP contribution is 2.33. The van der Waals surface area contributed by atoms with E-state index in [1.54, 1.807) is 0 Å². The Morgan fingerprint density at radius 2 is 2.22 bits per heavy atom. The standard InChI is InChI=1S/C15H21NO2/c1-3-18-13-8-5-4-7-12(13)14(17)15(2)9-6-10-16-11-15/h4-5,7-8,16H,3,6,9-11H2,1-2H3. The molecule has 0 saturated carbocycles. The largest absolute Gasteiger partial charge is 0.493 e. The Morgan fingerprint density at radius 1 is 1.44 bits per heavy atom. The van der Waals surface area contributed by atoms with Gasteiger partial charge in [-0.25, -0.2) is 0 Å². The molecule has 18 heavy (non-hydrogen) atoms. The number of piperidine rings is 1. The average molecular weight is 247 g/mol. The molecule has 1 N–H and O–H groups in total. The normalized spacial score (nSPS) is 23.7. The molecular formula is C15H21NO2. The van der Waals surface area contributed by atoms with Crippen LogP contribution in [-0.4, -0.2) is 25.5 Å². The number of carbonyl (C=O) groups is 1. The van der Waals surface area contributed by atoms with Crippen molar-refractivity contribution in [2.75, 3.05) is 19.7 Å². The zero-order chi connectivity index (χ0) is 13.0. The van der Waals surface area contributed by atoms with E-state index in [1.807, 2.05) is 38.1 Å². The number of benzene rings is 1. The molecule has 1 aliphatic heterocycles. The van der Waals surface area contributed by atoms with E-state index in [2.05, 4.69) is 5.32 Å². The van der Waals surface area contributed by atoms with Crippen molar-refractivity contribution in [3.05, 3.63) is 29.8 Å². The van der Waals surface area contributed by atoms with Crippen LogP contribution in [0.15, 0.2) is 24.3 Å². The van der Waals surface area contributed by atoms with E-state index in [1.165, 1.54) is 0 Å². The summed E-state index contributed by atoms with van der Waals surface area (Å²) in [6.45, 7) is 6.33. The Morgan fingerprint density at radius 3 is 2.89 bits per heavy atom. The van der Waals surface area contributed by atoms with Gasteiger partial charge < -0.3 is 10.1 Å². The van der Waals surface area contributed by atoms with Crippen molar-refractivity contribution in [1.29, 1.82) is 0 Å². The summed E-state index contributed by atoms with van der Waals surface area (Å²) in [5.74, 6) is 0.899. The maximum absolute atomic E-state index is 12.7. The number of rotatable bonds is 4. The van der Waals surface area contributed by atoms with Crippen LogP contribution in [0.1, 0.15) is 37.0 Å². The maximum Gasteiger partial charge on any atom is 0.173 e. The van der Waals surface area contributed by atoms with Crippen LogP contribution in [0.4, 0.5) is 0 Å². The molecule has 1 heterocycles. The molecule has 0 aliphatic carbocycles. The molecule has 1 unspecified atom stereocenters. The number of Topliss-reactive ketones (excluding diaryl/α,β-unsaturated/α-hetero) is 1. The lowest BCUT2D eigenvalue weighted by atomic mass is 9.76. The van der Waals surface area contributed by atoms with Crippen LogP contribution in [-0.2, 0) is 0 Å². The lowest BCUT2D eigenvalue weighted by molar-refractivity contribution is 0.0769. The molecule has 1 aliphatic rings. The van der Waals surface area contributed by atoms with E-state index in [4.69, 9.17) is 4.74 Å². The topological polar surface area (TPSA) is 38.3 Å². The highest BCUT2D eigenvalue weighted by Gasteiger charge is 2.36. The molecule has 0 aromatic heterocycles. The summed E-state index contributed by atoms with van der Waals surface area (Å²) in [7, 11) is 0. The smallest absolute Gasteiger partial charge is 0.173 e. The van der Waals surface area contributed by atoms with Crippen LogP contribution in [0.25, 0.3) is 0 Å². The predicted molar refractivity (Wildman–Crippen MR) is 72.2 cm³/mol. The van der Waals surface area contributed by atoms with E-state index < -0.39 is 0 Å². The number of ether oxygens (including phenoxy) is 1. The summed E-state index contributed by atoms with van der Waals surface area (Å²) in [6.07, 6.45) is 2.00. The minimum atomic E-state index is -0.300. The number of para-hydroxylation sites is 1. The first-order valence-electron chi connectivity index (χ1n) is 6.65. The molecule has 1 aromatic rings. The summed E-state index contributed by atoms with van der Waals surface area (Å²) >= 11 is 0. The second-order valence-corrected chi connectivity index (χ2v) is 5.10. The molecule has 98 valence electrons. The molecule has 3 heteroatoms. The summed E-state index contributed by atoms with van der Waals surface area (Å²) in [5.41, 5.74) is 0.413. The van der Waals surface area contributed by atoms with Crippen molar-refractivity contribution in [1.82, 2.24) is 5.32 Å². The first kappa shape index (κ1) is 13.1. The van der Waals surface area contributed by atoms with Crippen LogP contribution in [0.5, 0.6) is 5.75 Å². The number of carbonyl (C=O) groups excluding carboxylic acids is 1. The second kappa shape index (κ2) is 5.53. The van der Waals surface area contributed by atoms with Crippen molar-refractivity contribution >= 4 is 5.78 Å². The van der Waals surface area contributed by atoms with E-state index >= 15 is 0 Å². The molecule has 0 bridgehead atoms. The first-order chi connectivity index (χ1) is 8.67. The highest BCUT2D eigenvalue weighted by atomic mass is 16.5. The fourth-order valence-electron chi connectivity index (χ4n) is 2.51. The number of ketones is 1. The molecule has 0 spiro atoms. The summed E-state index contributed by atoms with van der Waals surface area (Å²) < 4.78 is 5.55. The van der Waals surface area contributed by atoms with Gasteiger partial charge in [-0.15, -0.1) is 0 Å². The Bertz CT molecular complexity index is 422. The Labute approximate surface area is 109 Å². The van der Waals surface area contributed by atoms with Gasteiger partial charge in [0.2, 0.25) is 0 Å². The van der Waals surface area contributed by atoms with Crippen molar-refractivity contribution < 1.29 is 9.53 Å². The summed E-state index contributed by atoms with van der Waals surface area (Å²) in [4.78, 5) is 12.7. The lowest BCUT2D eigenvalue weighted by Gasteiger charge is -2.33. The molecule has 1 atom stereocenters. The number of nitrogens with one attached hydrogen (secondary N) is 1.